The quantitative estimate of drug-likeness (QED) is 0.652. The lowest BCUT2D eigenvalue weighted by molar-refractivity contribution is 0.573. The topological polar surface area (TPSA) is 44.9 Å². The molecule has 0 aromatic heterocycles. The van der Waals surface area contributed by atoms with E-state index in [4.69, 9.17) is 5.73 Å². The van der Waals surface area contributed by atoms with Crippen molar-refractivity contribution in [1.29, 1.82) is 0 Å². The molecular weight excluding hydrogens is 358 g/mol. The fraction of sp³-hybridized carbons (Fsp3) is 0.462. The number of halogens is 2. The van der Waals surface area contributed by atoms with Gasteiger partial charge in [-0.3, -0.25) is 8.12 Å². The van der Waals surface area contributed by atoms with E-state index in [2.05, 4.69) is 44.9 Å². The average molecular weight is 376 g/mol. The largest absolute Gasteiger partial charge is 0.326 e. The van der Waals surface area contributed by atoms with E-state index >= 15 is 0 Å². The third kappa shape index (κ3) is 3.17. The second-order valence-corrected chi connectivity index (χ2v) is 5.98. The van der Waals surface area contributed by atoms with Gasteiger partial charge < -0.3 is 5.73 Å². The van der Waals surface area contributed by atoms with E-state index in [1.165, 1.54) is 6.07 Å². The molecule has 1 aliphatic rings. The summed E-state index contributed by atoms with van der Waals surface area (Å²) in [5, 5.41) is 6.28. The van der Waals surface area contributed by atoms with Crippen LogP contribution in [0.2, 0.25) is 0 Å². The molecule has 0 atom stereocenters. The standard InChI is InChI=1S/C13H18FIN4/c1-9(2)13-17-19(6-5-18(13)15)12-4-3-10(8-16)7-11(12)14/h3-4,7,9H,5-6,8,16H2,1-2H3. The Bertz CT molecular complexity index is 490. The maximum absolute atomic E-state index is 14.1. The Morgan fingerprint density at radius 3 is 2.74 bits per heavy atom. The Kier molecular flexibility index (Phi) is 4.62. The van der Waals surface area contributed by atoms with Crippen molar-refractivity contribution < 1.29 is 4.39 Å². The summed E-state index contributed by atoms with van der Waals surface area (Å²) in [6.07, 6.45) is 0. The first-order valence-corrected chi connectivity index (χ1v) is 7.27. The number of benzene rings is 1. The maximum Gasteiger partial charge on any atom is 0.148 e. The number of rotatable bonds is 3. The molecular formula is C13H18FIN4. The molecule has 19 heavy (non-hydrogen) atoms. The molecule has 2 N–H and O–H groups in total. The summed E-state index contributed by atoms with van der Waals surface area (Å²) in [6, 6.07) is 5.08. The molecule has 2 rings (SSSR count). The zero-order valence-electron chi connectivity index (χ0n) is 11.1. The van der Waals surface area contributed by atoms with Crippen LogP contribution in [0.4, 0.5) is 10.1 Å². The van der Waals surface area contributed by atoms with E-state index in [0.717, 1.165) is 17.9 Å². The Balaban J connectivity index is 2.32. The lowest BCUT2D eigenvalue weighted by atomic mass is 10.1. The van der Waals surface area contributed by atoms with Crippen molar-refractivity contribution in [2.75, 3.05) is 18.1 Å². The number of amidine groups is 1. The monoisotopic (exact) mass is 376 g/mol. The van der Waals surface area contributed by atoms with Crippen LogP contribution in [-0.2, 0) is 6.54 Å². The van der Waals surface area contributed by atoms with Crippen LogP contribution in [0.15, 0.2) is 23.3 Å². The third-order valence-electron chi connectivity index (χ3n) is 3.02. The van der Waals surface area contributed by atoms with Crippen molar-refractivity contribution in [3.8, 4) is 0 Å². The van der Waals surface area contributed by atoms with E-state index in [-0.39, 0.29) is 5.82 Å². The first-order valence-electron chi connectivity index (χ1n) is 6.30. The van der Waals surface area contributed by atoms with Crippen molar-refractivity contribution in [3.05, 3.63) is 29.6 Å². The Morgan fingerprint density at radius 1 is 1.42 bits per heavy atom. The lowest BCUT2D eigenvalue weighted by Gasteiger charge is -2.32. The number of hydrogen-bond donors (Lipinski definition) is 1. The predicted octanol–water partition coefficient (Wildman–Crippen LogP) is 2.73. The highest BCUT2D eigenvalue weighted by molar-refractivity contribution is 14.1. The Hall–Kier alpha value is -0.890. The minimum Gasteiger partial charge on any atom is -0.326 e. The summed E-state index contributed by atoms with van der Waals surface area (Å²) < 4.78 is 16.2. The smallest absolute Gasteiger partial charge is 0.148 e. The molecule has 1 aliphatic heterocycles. The van der Waals surface area contributed by atoms with E-state index in [1.54, 1.807) is 11.1 Å². The number of nitrogens with two attached hydrogens (primary N) is 1. The molecule has 0 aliphatic carbocycles. The fourth-order valence-electron chi connectivity index (χ4n) is 1.98. The van der Waals surface area contributed by atoms with Crippen LogP contribution in [-0.4, -0.2) is 22.0 Å². The van der Waals surface area contributed by atoms with Crippen LogP contribution in [0, 0.1) is 11.7 Å². The van der Waals surface area contributed by atoms with Gasteiger partial charge in [0.25, 0.3) is 0 Å². The molecule has 0 fully saturated rings. The van der Waals surface area contributed by atoms with Gasteiger partial charge in [-0.1, -0.05) is 19.9 Å². The molecule has 0 saturated carbocycles. The van der Waals surface area contributed by atoms with Crippen LogP contribution in [0.3, 0.4) is 0 Å². The molecule has 1 heterocycles. The van der Waals surface area contributed by atoms with Crippen LogP contribution in [0.1, 0.15) is 19.4 Å². The van der Waals surface area contributed by atoms with Gasteiger partial charge in [0.05, 0.1) is 35.1 Å². The molecule has 1 aromatic carbocycles. The van der Waals surface area contributed by atoms with Gasteiger partial charge in [0, 0.05) is 19.0 Å². The summed E-state index contributed by atoms with van der Waals surface area (Å²) >= 11 is 2.25. The summed E-state index contributed by atoms with van der Waals surface area (Å²) in [5.41, 5.74) is 6.82. The minimum absolute atomic E-state index is 0.267. The van der Waals surface area contributed by atoms with E-state index < -0.39 is 0 Å². The van der Waals surface area contributed by atoms with E-state index in [1.807, 2.05) is 6.07 Å². The molecule has 0 unspecified atom stereocenters. The van der Waals surface area contributed by atoms with Crippen molar-refractivity contribution >= 4 is 34.4 Å². The number of nitrogens with zero attached hydrogens (tertiary/aromatic N) is 3. The van der Waals surface area contributed by atoms with Crippen LogP contribution in [0.25, 0.3) is 0 Å². The van der Waals surface area contributed by atoms with E-state index in [0.29, 0.717) is 24.7 Å². The second kappa shape index (κ2) is 6.04. The van der Waals surface area contributed by atoms with Gasteiger partial charge in [-0.2, -0.15) is 5.10 Å². The summed E-state index contributed by atoms with van der Waals surface area (Å²) in [6.45, 7) is 6.02. The number of hydrogen-bond acceptors (Lipinski definition) is 4. The molecule has 1 aromatic rings. The Labute approximate surface area is 126 Å². The van der Waals surface area contributed by atoms with E-state index in [9.17, 15) is 4.39 Å². The Morgan fingerprint density at radius 2 is 2.16 bits per heavy atom. The highest BCUT2D eigenvalue weighted by atomic mass is 127. The third-order valence-corrected chi connectivity index (χ3v) is 4.00. The molecule has 0 radical (unpaired) electrons. The highest BCUT2D eigenvalue weighted by Gasteiger charge is 2.22. The molecule has 4 nitrogen and oxygen atoms in total. The second-order valence-electron chi connectivity index (χ2n) is 4.81. The number of hydrazone groups is 1. The van der Waals surface area contributed by atoms with Crippen LogP contribution in [0.5, 0.6) is 0 Å². The normalized spacial score (nSPS) is 16.0. The summed E-state index contributed by atoms with van der Waals surface area (Å²) in [4.78, 5) is 0. The first kappa shape index (κ1) is 14.5. The van der Waals surface area contributed by atoms with Crippen molar-refractivity contribution in [2.24, 2.45) is 16.8 Å². The molecule has 6 heteroatoms. The fourth-order valence-corrected chi connectivity index (χ4v) is 2.85. The van der Waals surface area contributed by atoms with Gasteiger partial charge >= 0.3 is 0 Å². The summed E-state index contributed by atoms with van der Waals surface area (Å²) in [5.74, 6) is 1.01. The SMILES string of the molecule is CC(C)C1=NN(c2ccc(CN)cc2F)CCN1I. The predicted molar refractivity (Wildman–Crippen MR) is 84.6 cm³/mol. The minimum atomic E-state index is -0.267. The maximum atomic E-state index is 14.1. The highest BCUT2D eigenvalue weighted by Crippen LogP contribution is 2.25. The van der Waals surface area contributed by atoms with Crippen molar-refractivity contribution in [2.45, 2.75) is 20.4 Å². The average Bonchev–Trinajstić information content (AvgIpc) is 2.39. The zero-order chi connectivity index (χ0) is 14.0. The lowest BCUT2D eigenvalue weighted by Crippen LogP contribution is -2.40. The molecule has 0 bridgehead atoms. The zero-order valence-corrected chi connectivity index (χ0v) is 13.3. The van der Waals surface area contributed by atoms with Gasteiger partial charge in [0.15, 0.2) is 0 Å². The van der Waals surface area contributed by atoms with Crippen LogP contribution < -0.4 is 10.7 Å². The molecule has 0 saturated heterocycles. The van der Waals surface area contributed by atoms with Crippen molar-refractivity contribution in [3.63, 3.8) is 0 Å². The van der Waals surface area contributed by atoms with Gasteiger partial charge in [-0.05, 0) is 17.7 Å². The van der Waals surface area contributed by atoms with Gasteiger partial charge in [0.1, 0.15) is 11.7 Å². The molecule has 0 spiro atoms. The molecule has 0 amide bonds. The first-order chi connectivity index (χ1) is 9.02. The van der Waals surface area contributed by atoms with Gasteiger partial charge in [-0.25, -0.2) is 4.39 Å². The van der Waals surface area contributed by atoms with Crippen molar-refractivity contribution in [1.82, 2.24) is 3.11 Å². The summed E-state index contributed by atoms with van der Waals surface area (Å²) in [7, 11) is 0. The van der Waals surface area contributed by atoms with Crippen LogP contribution >= 0.6 is 22.9 Å². The molecule has 104 valence electrons. The van der Waals surface area contributed by atoms with Gasteiger partial charge in [-0.15, -0.1) is 0 Å². The van der Waals surface area contributed by atoms with Gasteiger partial charge in [0.2, 0.25) is 0 Å². The number of anilines is 1.